The summed E-state index contributed by atoms with van der Waals surface area (Å²) in [4.78, 5) is 12.1. The molecule has 0 atom stereocenters. The Morgan fingerprint density at radius 3 is 2.39 bits per heavy atom. The van der Waals surface area contributed by atoms with Gasteiger partial charge < -0.3 is 5.32 Å². The first kappa shape index (κ1) is 12.8. The van der Waals surface area contributed by atoms with Crippen LogP contribution in [0.1, 0.15) is 21.5 Å². The first-order valence-corrected chi connectivity index (χ1v) is 6.50. The predicted octanol–water partition coefficient (Wildman–Crippen LogP) is 4.32. The van der Waals surface area contributed by atoms with Gasteiger partial charge in [0.25, 0.3) is 5.91 Å². The molecule has 0 spiro atoms. The lowest BCUT2D eigenvalue weighted by Gasteiger charge is -2.08. The molecule has 0 bridgehead atoms. The molecule has 2 aromatic carbocycles. The summed E-state index contributed by atoms with van der Waals surface area (Å²) in [5.41, 5.74) is 3.67. The standard InChI is InChI=1S/C15H14BrNO/c1-10-6-8-12(9-7-10)17-15(18)13-5-3-4-11(2)14(13)16/h3-9H,1-2H3,(H,17,18). The SMILES string of the molecule is Cc1ccc(NC(=O)c2cccc(C)c2Br)cc1. The minimum atomic E-state index is -0.102. The van der Waals surface area contributed by atoms with Gasteiger partial charge in [-0.3, -0.25) is 4.79 Å². The van der Waals surface area contributed by atoms with Crippen molar-refractivity contribution in [3.8, 4) is 0 Å². The van der Waals surface area contributed by atoms with Crippen LogP contribution in [0.5, 0.6) is 0 Å². The highest BCUT2D eigenvalue weighted by molar-refractivity contribution is 9.10. The number of amides is 1. The van der Waals surface area contributed by atoms with Gasteiger partial charge in [0.1, 0.15) is 0 Å². The summed E-state index contributed by atoms with van der Waals surface area (Å²) in [6.45, 7) is 3.98. The highest BCUT2D eigenvalue weighted by Gasteiger charge is 2.11. The lowest BCUT2D eigenvalue weighted by molar-refractivity contribution is 0.102. The molecule has 3 heteroatoms. The van der Waals surface area contributed by atoms with E-state index in [1.165, 1.54) is 5.56 Å². The molecule has 0 heterocycles. The van der Waals surface area contributed by atoms with Crippen molar-refractivity contribution >= 4 is 27.5 Å². The third kappa shape index (κ3) is 2.79. The Labute approximate surface area is 115 Å². The molecule has 0 aliphatic heterocycles. The maximum absolute atomic E-state index is 12.1. The fourth-order valence-corrected chi connectivity index (χ4v) is 2.10. The van der Waals surface area contributed by atoms with E-state index in [1.807, 2.05) is 50.2 Å². The molecule has 0 fully saturated rings. The first-order valence-electron chi connectivity index (χ1n) is 5.71. The average molecular weight is 304 g/mol. The Morgan fingerprint density at radius 2 is 1.72 bits per heavy atom. The van der Waals surface area contributed by atoms with Crippen molar-refractivity contribution in [2.75, 3.05) is 5.32 Å². The van der Waals surface area contributed by atoms with Crippen molar-refractivity contribution in [2.24, 2.45) is 0 Å². The number of rotatable bonds is 2. The van der Waals surface area contributed by atoms with Crippen LogP contribution < -0.4 is 5.32 Å². The molecule has 0 saturated carbocycles. The molecular weight excluding hydrogens is 290 g/mol. The van der Waals surface area contributed by atoms with E-state index >= 15 is 0 Å². The molecule has 0 aliphatic rings. The van der Waals surface area contributed by atoms with E-state index < -0.39 is 0 Å². The molecule has 0 aliphatic carbocycles. The summed E-state index contributed by atoms with van der Waals surface area (Å²) in [6.07, 6.45) is 0. The number of carbonyl (C=O) groups excluding carboxylic acids is 1. The summed E-state index contributed by atoms with van der Waals surface area (Å²) in [6, 6.07) is 13.4. The number of aryl methyl sites for hydroxylation is 2. The molecule has 0 aromatic heterocycles. The second-order valence-electron chi connectivity index (χ2n) is 4.26. The Hall–Kier alpha value is -1.61. The Kier molecular flexibility index (Phi) is 3.82. The van der Waals surface area contributed by atoms with Crippen LogP contribution in [0.4, 0.5) is 5.69 Å². The molecular formula is C15H14BrNO. The first-order chi connectivity index (χ1) is 8.58. The van der Waals surface area contributed by atoms with Crippen LogP contribution in [0.2, 0.25) is 0 Å². The lowest BCUT2D eigenvalue weighted by Crippen LogP contribution is -2.12. The van der Waals surface area contributed by atoms with Gasteiger partial charge in [-0.2, -0.15) is 0 Å². The highest BCUT2D eigenvalue weighted by atomic mass is 79.9. The van der Waals surface area contributed by atoms with E-state index in [1.54, 1.807) is 6.07 Å². The quantitative estimate of drug-likeness (QED) is 0.879. The van der Waals surface area contributed by atoms with Crippen molar-refractivity contribution < 1.29 is 4.79 Å². The summed E-state index contributed by atoms with van der Waals surface area (Å²) in [5.74, 6) is -0.102. The summed E-state index contributed by atoms with van der Waals surface area (Å²) < 4.78 is 0.842. The number of benzene rings is 2. The summed E-state index contributed by atoms with van der Waals surface area (Å²) >= 11 is 3.44. The summed E-state index contributed by atoms with van der Waals surface area (Å²) in [5, 5.41) is 2.88. The van der Waals surface area contributed by atoms with E-state index in [9.17, 15) is 4.79 Å². The van der Waals surface area contributed by atoms with Gasteiger partial charge in [-0.15, -0.1) is 0 Å². The molecule has 0 unspecified atom stereocenters. The normalized spacial score (nSPS) is 10.2. The molecule has 92 valence electrons. The fraction of sp³-hybridized carbons (Fsp3) is 0.133. The van der Waals surface area contributed by atoms with Gasteiger partial charge in [-0.25, -0.2) is 0 Å². The second-order valence-corrected chi connectivity index (χ2v) is 5.05. The van der Waals surface area contributed by atoms with Crippen LogP contribution in [0, 0.1) is 13.8 Å². The molecule has 2 nitrogen and oxygen atoms in total. The molecule has 1 N–H and O–H groups in total. The van der Waals surface area contributed by atoms with Crippen molar-refractivity contribution in [2.45, 2.75) is 13.8 Å². The third-order valence-electron chi connectivity index (χ3n) is 2.75. The van der Waals surface area contributed by atoms with E-state index in [0.29, 0.717) is 5.56 Å². The second kappa shape index (κ2) is 5.36. The van der Waals surface area contributed by atoms with E-state index in [0.717, 1.165) is 15.7 Å². The lowest BCUT2D eigenvalue weighted by atomic mass is 10.1. The molecule has 1 amide bonds. The largest absolute Gasteiger partial charge is 0.322 e. The Bertz CT molecular complexity index is 576. The zero-order valence-corrected chi connectivity index (χ0v) is 11.9. The minimum Gasteiger partial charge on any atom is -0.322 e. The molecule has 18 heavy (non-hydrogen) atoms. The summed E-state index contributed by atoms with van der Waals surface area (Å²) in [7, 11) is 0. The van der Waals surface area contributed by atoms with Gasteiger partial charge in [0.05, 0.1) is 5.56 Å². The van der Waals surface area contributed by atoms with Gasteiger partial charge in [-0.1, -0.05) is 29.8 Å². The molecule has 0 saturated heterocycles. The van der Waals surface area contributed by atoms with Gasteiger partial charge in [0.2, 0.25) is 0 Å². The van der Waals surface area contributed by atoms with E-state index in [2.05, 4.69) is 21.2 Å². The average Bonchev–Trinajstić information content (AvgIpc) is 2.35. The monoisotopic (exact) mass is 303 g/mol. The maximum Gasteiger partial charge on any atom is 0.256 e. The van der Waals surface area contributed by atoms with Crippen LogP contribution in [0.15, 0.2) is 46.9 Å². The van der Waals surface area contributed by atoms with Gasteiger partial charge in [-0.05, 0) is 53.5 Å². The smallest absolute Gasteiger partial charge is 0.256 e. The highest BCUT2D eigenvalue weighted by Crippen LogP contribution is 2.22. The van der Waals surface area contributed by atoms with Gasteiger partial charge in [0.15, 0.2) is 0 Å². The van der Waals surface area contributed by atoms with Crippen LogP contribution >= 0.6 is 15.9 Å². The minimum absolute atomic E-state index is 0.102. The fourth-order valence-electron chi connectivity index (χ4n) is 1.66. The topological polar surface area (TPSA) is 29.1 Å². The van der Waals surface area contributed by atoms with Crippen LogP contribution in [-0.2, 0) is 0 Å². The van der Waals surface area contributed by atoms with E-state index in [-0.39, 0.29) is 5.91 Å². The van der Waals surface area contributed by atoms with Gasteiger partial charge in [0, 0.05) is 10.2 Å². The van der Waals surface area contributed by atoms with E-state index in [4.69, 9.17) is 0 Å². The number of hydrogen-bond donors (Lipinski definition) is 1. The third-order valence-corrected chi connectivity index (χ3v) is 3.80. The Morgan fingerprint density at radius 1 is 1.06 bits per heavy atom. The van der Waals surface area contributed by atoms with Crippen LogP contribution in [-0.4, -0.2) is 5.91 Å². The number of carbonyl (C=O) groups is 1. The number of hydrogen-bond acceptors (Lipinski definition) is 1. The molecule has 0 radical (unpaired) electrons. The van der Waals surface area contributed by atoms with Crippen molar-refractivity contribution in [1.82, 2.24) is 0 Å². The predicted molar refractivity (Wildman–Crippen MR) is 78.0 cm³/mol. The van der Waals surface area contributed by atoms with Crippen molar-refractivity contribution in [1.29, 1.82) is 0 Å². The zero-order chi connectivity index (χ0) is 13.1. The van der Waals surface area contributed by atoms with Gasteiger partial charge >= 0.3 is 0 Å². The Balaban J connectivity index is 2.22. The molecule has 2 rings (SSSR count). The van der Waals surface area contributed by atoms with Crippen molar-refractivity contribution in [3.05, 3.63) is 63.6 Å². The number of anilines is 1. The van der Waals surface area contributed by atoms with Crippen molar-refractivity contribution in [3.63, 3.8) is 0 Å². The van der Waals surface area contributed by atoms with Crippen LogP contribution in [0.25, 0.3) is 0 Å². The molecule has 2 aromatic rings. The number of nitrogens with one attached hydrogen (secondary N) is 1. The maximum atomic E-state index is 12.1. The number of halogens is 1. The zero-order valence-electron chi connectivity index (χ0n) is 10.3. The van der Waals surface area contributed by atoms with Crippen LogP contribution in [0.3, 0.4) is 0 Å².